The Balaban J connectivity index is 1.31. The summed E-state index contributed by atoms with van der Waals surface area (Å²) in [5, 5.41) is 5.60. The highest BCUT2D eigenvalue weighted by Crippen LogP contribution is 2.46. The smallest absolute Gasteiger partial charge is 0.408 e. The third kappa shape index (κ3) is 10.8. The molecule has 3 heterocycles. The highest BCUT2D eigenvalue weighted by molar-refractivity contribution is 7.87. The van der Waals surface area contributed by atoms with Gasteiger partial charge in [0.1, 0.15) is 34.8 Å². The van der Waals surface area contributed by atoms with Crippen molar-refractivity contribution in [1.82, 2.24) is 34.1 Å². The summed E-state index contributed by atoms with van der Waals surface area (Å²) in [6.07, 6.45) is 7.09. The summed E-state index contributed by atoms with van der Waals surface area (Å²) in [6.45, 7) is 9.01. The highest BCUT2D eigenvalue weighted by Gasteiger charge is 2.62. The van der Waals surface area contributed by atoms with Crippen molar-refractivity contribution in [3.05, 3.63) is 71.8 Å². The van der Waals surface area contributed by atoms with Gasteiger partial charge >= 0.3 is 16.3 Å². The van der Waals surface area contributed by atoms with Crippen LogP contribution in [0.15, 0.2) is 60.7 Å². The van der Waals surface area contributed by atoms with Crippen LogP contribution in [0.1, 0.15) is 114 Å². The molecule has 62 heavy (non-hydrogen) atoms. The first kappa shape index (κ1) is 46.2. The molecule has 17 heteroatoms. The summed E-state index contributed by atoms with van der Waals surface area (Å²) in [6, 6.07) is 13.3. The van der Waals surface area contributed by atoms with Crippen molar-refractivity contribution in [2.45, 2.75) is 134 Å². The van der Waals surface area contributed by atoms with Crippen LogP contribution in [0.3, 0.4) is 0 Å². The maximum absolute atomic E-state index is 14.7. The van der Waals surface area contributed by atoms with Crippen molar-refractivity contribution in [3.8, 4) is 6.01 Å². The van der Waals surface area contributed by atoms with Gasteiger partial charge in [-0.2, -0.15) is 17.7 Å². The third-order valence-corrected chi connectivity index (χ3v) is 12.9. The molecule has 4 amide bonds. The molecule has 2 fully saturated rings. The zero-order valence-corrected chi connectivity index (χ0v) is 37.6. The molecule has 3 N–H and O–H groups in total. The average molecular weight is 876 g/mol. The van der Waals surface area contributed by atoms with Crippen LogP contribution in [0.5, 0.6) is 6.01 Å². The lowest BCUT2D eigenvalue weighted by atomic mass is 10.0. The number of carbonyl (C=O) groups is 5. The number of carbonyl (C=O) groups excluding carboxylic acids is 5. The number of benzene rings is 2. The molecule has 0 bridgehead atoms. The van der Waals surface area contributed by atoms with Gasteiger partial charge in [0.25, 0.3) is 11.9 Å². The topological polar surface area (TPSA) is 198 Å². The SMILES string of the molecule is CC(C)n1c(O[C@@H]2C[C@H]3C(=O)N[C@]4(C(=O)NS(=O)(=O)N(C)C)C[C@@H]4/C=C\CCCCC[C@H](NC(=O)OC(C)(C)C)C(=O)N3C2)nc2c(C(=O)CCCc3ccccc3)cccc21. The number of nitrogens with one attached hydrogen (secondary N) is 3. The number of ketones is 1. The number of hydrogen-bond donors (Lipinski definition) is 3. The van der Waals surface area contributed by atoms with E-state index in [1.807, 2.05) is 73.0 Å². The van der Waals surface area contributed by atoms with Crippen LogP contribution in [0.25, 0.3) is 11.0 Å². The molecule has 5 atom stereocenters. The number of aromatic nitrogens is 2. The van der Waals surface area contributed by atoms with Crippen molar-refractivity contribution >= 4 is 50.8 Å². The Hall–Kier alpha value is -5.29. The molecule has 0 spiro atoms. The van der Waals surface area contributed by atoms with Gasteiger partial charge in [0.2, 0.25) is 11.8 Å². The van der Waals surface area contributed by atoms with E-state index >= 15 is 0 Å². The maximum Gasteiger partial charge on any atom is 0.408 e. The lowest BCUT2D eigenvalue weighted by molar-refractivity contribution is -0.141. The molecule has 3 aliphatic rings. The number of nitrogens with zero attached hydrogens (tertiary/aromatic N) is 4. The van der Waals surface area contributed by atoms with Gasteiger partial charge < -0.3 is 25.0 Å². The maximum atomic E-state index is 14.7. The lowest BCUT2D eigenvalue weighted by Crippen LogP contribution is -2.58. The Morgan fingerprint density at radius 2 is 1.77 bits per heavy atom. The van der Waals surface area contributed by atoms with E-state index in [-0.39, 0.29) is 43.6 Å². The molecule has 1 aliphatic carbocycles. The molecular formula is C45H61N7O9S. The quantitative estimate of drug-likeness (QED) is 0.157. The number of aryl methyl sites for hydroxylation is 1. The zero-order chi connectivity index (χ0) is 45.0. The van der Waals surface area contributed by atoms with Gasteiger partial charge in [0.15, 0.2) is 5.78 Å². The van der Waals surface area contributed by atoms with E-state index in [4.69, 9.17) is 14.5 Å². The first-order valence-electron chi connectivity index (χ1n) is 21.6. The van der Waals surface area contributed by atoms with Crippen LogP contribution in [0.2, 0.25) is 0 Å². The molecule has 3 aromatic rings. The van der Waals surface area contributed by atoms with E-state index in [9.17, 15) is 32.4 Å². The molecule has 0 radical (unpaired) electrons. The number of hydrogen-bond acceptors (Lipinski definition) is 10. The monoisotopic (exact) mass is 875 g/mol. The second kappa shape index (κ2) is 19.0. The molecule has 1 aromatic heterocycles. The lowest BCUT2D eigenvalue weighted by Gasteiger charge is -2.30. The average Bonchev–Trinajstić information content (AvgIpc) is 3.51. The molecule has 1 saturated heterocycles. The number of Topliss-reactive ketones (excluding diaryl/α,β-unsaturated/α-hetero) is 1. The third-order valence-electron chi connectivity index (χ3n) is 11.5. The van der Waals surface area contributed by atoms with Crippen LogP contribution >= 0.6 is 0 Å². The highest BCUT2D eigenvalue weighted by atomic mass is 32.2. The van der Waals surface area contributed by atoms with Crippen molar-refractivity contribution in [3.63, 3.8) is 0 Å². The van der Waals surface area contributed by atoms with Gasteiger partial charge in [0.05, 0.1) is 12.1 Å². The number of rotatable bonds is 12. The molecule has 336 valence electrons. The van der Waals surface area contributed by atoms with Gasteiger partial charge in [-0.25, -0.2) is 9.52 Å². The first-order chi connectivity index (χ1) is 29.3. The van der Waals surface area contributed by atoms with E-state index in [1.54, 1.807) is 26.8 Å². The summed E-state index contributed by atoms with van der Waals surface area (Å²) in [5.41, 5.74) is 0.378. The molecule has 1 saturated carbocycles. The van der Waals surface area contributed by atoms with E-state index in [0.29, 0.717) is 42.3 Å². The minimum Gasteiger partial charge on any atom is -0.459 e. The fourth-order valence-corrected chi connectivity index (χ4v) is 8.80. The van der Waals surface area contributed by atoms with E-state index in [1.165, 1.54) is 19.0 Å². The largest absolute Gasteiger partial charge is 0.459 e. The summed E-state index contributed by atoms with van der Waals surface area (Å²) in [5.74, 6) is -2.63. The Morgan fingerprint density at radius 1 is 1.03 bits per heavy atom. The summed E-state index contributed by atoms with van der Waals surface area (Å²) >= 11 is 0. The van der Waals surface area contributed by atoms with Gasteiger partial charge in [-0.3, -0.25) is 23.7 Å². The zero-order valence-electron chi connectivity index (χ0n) is 36.8. The number of alkyl carbamates (subject to hydrolysis) is 1. The van der Waals surface area contributed by atoms with Crippen LogP contribution in [0, 0.1) is 5.92 Å². The second-order valence-corrected chi connectivity index (χ2v) is 19.9. The predicted molar refractivity (Wildman–Crippen MR) is 233 cm³/mol. The van der Waals surface area contributed by atoms with Crippen LogP contribution in [0.4, 0.5) is 4.79 Å². The number of para-hydroxylation sites is 1. The Labute approximate surface area is 364 Å². The fraction of sp³-hybridized carbons (Fsp3) is 0.556. The second-order valence-electron chi connectivity index (χ2n) is 18.0. The Kier molecular flexibility index (Phi) is 14.2. The van der Waals surface area contributed by atoms with Crippen molar-refractivity contribution in [2.75, 3.05) is 20.6 Å². The molecule has 0 unspecified atom stereocenters. The molecule has 16 nitrogen and oxygen atoms in total. The number of amides is 4. The minimum atomic E-state index is -4.20. The van der Waals surface area contributed by atoms with Crippen molar-refractivity contribution < 1.29 is 41.9 Å². The van der Waals surface area contributed by atoms with Crippen molar-refractivity contribution in [2.24, 2.45) is 5.92 Å². The van der Waals surface area contributed by atoms with Gasteiger partial charge in [-0.05, 0) is 90.8 Å². The molecule has 6 rings (SSSR count). The summed E-state index contributed by atoms with van der Waals surface area (Å²) in [4.78, 5) is 76.0. The van der Waals surface area contributed by atoms with Crippen LogP contribution in [-0.2, 0) is 35.8 Å². The summed E-state index contributed by atoms with van der Waals surface area (Å²) in [7, 11) is -1.62. The number of imidazole rings is 1. The van der Waals surface area contributed by atoms with Crippen molar-refractivity contribution in [1.29, 1.82) is 0 Å². The fourth-order valence-electron chi connectivity index (χ4n) is 8.20. The van der Waals surface area contributed by atoms with E-state index in [0.717, 1.165) is 29.1 Å². The molecular weight excluding hydrogens is 815 g/mol. The first-order valence-corrected chi connectivity index (χ1v) is 23.0. The number of allylic oxidation sites excluding steroid dienone is 1. The van der Waals surface area contributed by atoms with E-state index < -0.39 is 69.3 Å². The number of ether oxygens (including phenoxy) is 2. The van der Waals surface area contributed by atoms with Gasteiger partial charge in [-0.1, -0.05) is 61.4 Å². The van der Waals surface area contributed by atoms with Gasteiger partial charge in [-0.15, -0.1) is 0 Å². The normalized spacial score (nSPS) is 24.0. The summed E-state index contributed by atoms with van der Waals surface area (Å²) < 4.78 is 42.6. The van der Waals surface area contributed by atoms with Crippen LogP contribution < -0.4 is 20.1 Å². The van der Waals surface area contributed by atoms with Gasteiger partial charge in [0, 0.05) is 44.5 Å². The molecule has 2 aromatic carbocycles. The van der Waals surface area contributed by atoms with E-state index in [2.05, 4.69) is 15.4 Å². The minimum absolute atomic E-state index is 0.0164. The number of fused-ring (bicyclic) bond motifs is 3. The Morgan fingerprint density at radius 3 is 2.47 bits per heavy atom. The Bertz CT molecular complexity index is 2290. The molecule has 2 aliphatic heterocycles. The van der Waals surface area contributed by atoms with Crippen LogP contribution in [-0.4, -0.2) is 107 Å². The predicted octanol–water partition coefficient (Wildman–Crippen LogP) is 5.38. The standard InChI is InChI=1S/C45H61N7O9S/c1-29(2)52-35-24-17-22-33(37(53)25-16-20-30-18-12-11-13-19-30)38(35)47-42(52)60-32-26-36-39(54)48-45(41(56)49-62(58,59)50(6)7)27-31(45)21-14-9-8-10-15-23-34(40(55)51(36)28-32)46-43(57)61-44(3,4)5/h11-14,17-19,21-22,24,29,31-32,34,36H,8-10,15-16,20,23,25-28H2,1-7H3,(H,46,57)(H,48,54)(H,49,56)/b21-14-/t31-,32+,34-,36-,45+/m0/s1.